The Kier molecular flexibility index (Phi) is 8.97. The van der Waals surface area contributed by atoms with Gasteiger partial charge in [-0.3, -0.25) is 4.79 Å². The van der Waals surface area contributed by atoms with Crippen LogP contribution < -0.4 is 10.0 Å². The van der Waals surface area contributed by atoms with Crippen molar-refractivity contribution in [3.63, 3.8) is 0 Å². The van der Waals surface area contributed by atoms with Crippen molar-refractivity contribution in [2.24, 2.45) is 5.92 Å². The maximum Gasteiger partial charge on any atom is 0.340 e. The van der Waals surface area contributed by atoms with Crippen molar-refractivity contribution in [2.45, 2.75) is 69.9 Å². The topological polar surface area (TPSA) is 102 Å². The normalized spacial score (nSPS) is 15.1. The van der Waals surface area contributed by atoms with E-state index in [-0.39, 0.29) is 32.6 Å². The first-order valence-electron chi connectivity index (χ1n) is 9.97. The quantitative estimate of drug-likeness (QED) is 0.469. The second kappa shape index (κ2) is 10.8. The molecule has 7 nitrogen and oxygen atoms in total. The van der Waals surface area contributed by atoms with Crippen LogP contribution >= 0.6 is 23.2 Å². The molecule has 1 aliphatic carbocycles. The highest BCUT2D eigenvalue weighted by molar-refractivity contribution is 7.89. The number of ether oxygens (including phenoxy) is 1. The molecule has 0 spiro atoms. The van der Waals surface area contributed by atoms with Crippen LogP contribution in [-0.4, -0.2) is 39.0 Å². The van der Waals surface area contributed by atoms with Crippen LogP contribution in [0.5, 0.6) is 0 Å². The lowest BCUT2D eigenvalue weighted by Crippen LogP contribution is -2.35. The molecule has 2 rings (SSSR count). The van der Waals surface area contributed by atoms with E-state index in [1.165, 1.54) is 6.07 Å². The van der Waals surface area contributed by atoms with Gasteiger partial charge < -0.3 is 10.1 Å². The van der Waals surface area contributed by atoms with Crippen LogP contribution in [-0.2, 0) is 19.6 Å². The molecule has 1 aromatic rings. The summed E-state index contributed by atoms with van der Waals surface area (Å²) >= 11 is 12.1. The van der Waals surface area contributed by atoms with Gasteiger partial charge in [0.25, 0.3) is 5.91 Å². The Morgan fingerprint density at radius 2 is 1.80 bits per heavy atom. The maximum absolute atomic E-state index is 12.5. The molecule has 2 N–H and O–H groups in total. The lowest BCUT2D eigenvalue weighted by molar-refractivity contribution is -0.124. The first-order chi connectivity index (χ1) is 14.0. The van der Waals surface area contributed by atoms with Crippen LogP contribution in [0.1, 0.15) is 63.2 Å². The zero-order valence-electron chi connectivity index (χ0n) is 17.3. The monoisotopic (exact) mass is 478 g/mol. The van der Waals surface area contributed by atoms with Crippen molar-refractivity contribution in [1.82, 2.24) is 10.0 Å². The fourth-order valence-electron chi connectivity index (χ4n) is 2.81. The van der Waals surface area contributed by atoms with Crippen molar-refractivity contribution in [3.8, 4) is 0 Å². The zero-order valence-corrected chi connectivity index (χ0v) is 19.7. The number of carbonyl (C=O) groups is 2. The summed E-state index contributed by atoms with van der Waals surface area (Å²) in [6.07, 6.45) is 4.40. The third-order valence-corrected chi connectivity index (χ3v) is 6.89. The maximum atomic E-state index is 12.5. The number of rotatable bonds is 11. The molecule has 1 unspecified atom stereocenters. The fraction of sp³-hybridized carbons (Fsp3) is 0.600. The van der Waals surface area contributed by atoms with E-state index >= 15 is 0 Å². The smallest absolute Gasteiger partial charge is 0.340 e. The molecule has 1 aromatic carbocycles. The van der Waals surface area contributed by atoms with Gasteiger partial charge in [-0.25, -0.2) is 17.9 Å². The highest BCUT2D eigenvalue weighted by atomic mass is 35.5. The van der Waals surface area contributed by atoms with Gasteiger partial charge >= 0.3 is 5.97 Å². The van der Waals surface area contributed by atoms with Gasteiger partial charge in [0, 0.05) is 12.1 Å². The summed E-state index contributed by atoms with van der Waals surface area (Å²) in [4.78, 5) is 24.2. The Balaban J connectivity index is 1.96. The van der Waals surface area contributed by atoms with Crippen LogP contribution in [0.3, 0.4) is 0 Å². The number of esters is 1. The molecule has 0 radical (unpaired) electrons. The molecule has 1 aliphatic rings. The molecule has 0 heterocycles. The van der Waals surface area contributed by atoms with E-state index < -0.39 is 28.5 Å². The van der Waals surface area contributed by atoms with E-state index in [0.29, 0.717) is 5.92 Å². The summed E-state index contributed by atoms with van der Waals surface area (Å²) in [7, 11) is -3.89. The average molecular weight is 479 g/mol. The molecule has 0 aromatic heterocycles. The predicted octanol–water partition coefficient (Wildman–Crippen LogP) is 3.92. The second-order valence-corrected chi connectivity index (χ2v) is 10.5. The molecule has 1 saturated carbocycles. The van der Waals surface area contributed by atoms with Gasteiger partial charge in [0.05, 0.1) is 15.6 Å². The summed E-state index contributed by atoms with van der Waals surface area (Å²) in [5.74, 6) is -0.734. The van der Waals surface area contributed by atoms with E-state index in [2.05, 4.69) is 23.9 Å². The molecular weight excluding hydrogens is 451 g/mol. The second-order valence-electron chi connectivity index (χ2n) is 8.03. The van der Waals surface area contributed by atoms with Gasteiger partial charge in [0.1, 0.15) is 4.90 Å². The van der Waals surface area contributed by atoms with Gasteiger partial charge in [-0.05, 0) is 44.2 Å². The van der Waals surface area contributed by atoms with Crippen LogP contribution in [0.25, 0.3) is 0 Å². The standard InChI is InChI=1S/C20H28Cl2N2O5S/c1-12(2)5-4-6-13(3)23-19(25)11-29-20(26)15-9-18(17(22)10-16(15)21)30(27,28)24-14-7-8-14/h9-10,12-14,24H,4-8,11H2,1-3H3,(H,23,25). The minimum absolute atomic E-state index is 0.0423. The van der Waals surface area contributed by atoms with Gasteiger partial charge in [0.15, 0.2) is 6.61 Å². The molecule has 1 amide bonds. The van der Waals surface area contributed by atoms with Crippen LogP contribution in [0.15, 0.2) is 17.0 Å². The van der Waals surface area contributed by atoms with E-state index in [1.54, 1.807) is 0 Å². The van der Waals surface area contributed by atoms with Gasteiger partial charge in [-0.15, -0.1) is 0 Å². The molecule has 0 saturated heterocycles. The first kappa shape index (κ1) is 24.9. The van der Waals surface area contributed by atoms with Crippen LogP contribution in [0.4, 0.5) is 0 Å². The average Bonchev–Trinajstić information content (AvgIpc) is 3.42. The Morgan fingerprint density at radius 3 is 2.40 bits per heavy atom. The molecule has 1 atom stereocenters. The third kappa shape index (κ3) is 7.72. The van der Waals surface area contributed by atoms with Crippen LogP contribution in [0, 0.1) is 5.92 Å². The molecule has 10 heteroatoms. The zero-order chi connectivity index (χ0) is 22.5. The molecule has 0 aliphatic heterocycles. The fourth-order valence-corrected chi connectivity index (χ4v) is 4.96. The number of hydrogen-bond donors (Lipinski definition) is 2. The lowest BCUT2D eigenvalue weighted by Gasteiger charge is -2.15. The summed E-state index contributed by atoms with van der Waals surface area (Å²) in [5, 5.41) is 2.62. The Labute approximate surface area is 187 Å². The van der Waals surface area contributed by atoms with E-state index in [4.69, 9.17) is 27.9 Å². The van der Waals surface area contributed by atoms with Crippen molar-refractivity contribution in [3.05, 3.63) is 27.7 Å². The number of hydrogen-bond acceptors (Lipinski definition) is 5. The SMILES string of the molecule is CC(C)CCCC(C)NC(=O)COC(=O)c1cc(S(=O)(=O)NC2CC2)c(Cl)cc1Cl. The van der Waals surface area contributed by atoms with E-state index in [1.807, 2.05) is 6.92 Å². The van der Waals surface area contributed by atoms with Gasteiger partial charge in [0.2, 0.25) is 10.0 Å². The molecule has 168 valence electrons. The van der Waals surface area contributed by atoms with Crippen molar-refractivity contribution in [2.75, 3.05) is 6.61 Å². The van der Waals surface area contributed by atoms with E-state index in [9.17, 15) is 18.0 Å². The molecule has 1 fully saturated rings. The number of carbonyl (C=O) groups excluding carboxylic acids is 2. The van der Waals surface area contributed by atoms with Crippen molar-refractivity contribution in [1.29, 1.82) is 0 Å². The molecule has 30 heavy (non-hydrogen) atoms. The van der Waals surface area contributed by atoms with Crippen molar-refractivity contribution >= 4 is 45.1 Å². The number of amides is 1. The first-order valence-corrected chi connectivity index (χ1v) is 12.2. The lowest BCUT2D eigenvalue weighted by atomic mass is 10.0. The van der Waals surface area contributed by atoms with Crippen molar-refractivity contribution < 1.29 is 22.7 Å². The third-order valence-electron chi connectivity index (χ3n) is 4.59. The minimum Gasteiger partial charge on any atom is -0.452 e. The molecule has 0 bridgehead atoms. The number of halogens is 2. The van der Waals surface area contributed by atoms with Gasteiger partial charge in [-0.2, -0.15) is 0 Å². The summed E-state index contributed by atoms with van der Waals surface area (Å²) in [5.41, 5.74) is -0.171. The summed E-state index contributed by atoms with van der Waals surface area (Å²) < 4.78 is 32.4. The largest absolute Gasteiger partial charge is 0.452 e. The number of nitrogens with one attached hydrogen (secondary N) is 2. The Bertz CT molecular complexity index is 885. The highest BCUT2D eigenvalue weighted by Crippen LogP contribution is 2.31. The Morgan fingerprint density at radius 1 is 1.13 bits per heavy atom. The van der Waals surface area contributed by atoms with E-state index in [0.717, 1.165) is 38.2 Å². The molecular formula is C20H28Cl2N2O5S. The number of sulfonamides is 1. The number of benzene rings is 1. The summed E-state index contributed by atoms with van der Waals surface area (Å²) in [6, 6.07) is 2.09. The Hall–Kier alpha value is -1.35. The summed E-state index contributed by atoms with van der Waals surface area (Å²) in [6.45, 7) is 5.68. The van der Waals surface area contributed by atoms with Gasteiger partial charge in [-0.1, -0.05) is 49.9 Å². The minimum atomic E-state index is -3.89. The highest BCUT2D eigenvalue weighted by Gasteiger charge is 2.30. The van der Waals surface area contributed by atoms with Crippen LogP contribution in [0.2, 0.25) is 10.0 Å². The predicted molar refractivity (Wildman–Crippen MR) is 116 cm³/mol.